The van der Waals surface area contributed by atoms with Gasteiger partial charge < -0.3 is 17.7 Å². The molecule has 5 rings (SSSR count). The van der Waals surface area contributed by atoms with Gasteiger partial charge in [-0.05, 0) is 48.5 Å². The first-order valence-electron chi connectivity index (χ1n) is 9.38. The molecule has 0 aliphatic rings. The third kappa shape index (κ3) is 3.54. The van der Waals surface area contributed by atoms with E-state index in [1.807, 2.05) is 0 Å². The van der Waals surface area contributed by atoms with Gasteiger partial charge in [0.15, 0.2) is 11.5 Å². The fourth-order valence-corrected chi connectivity index (χ4v) is 3.63. The Labute approximate surface area is 191 Å². The average Bonchev–Trinajstić information content (AvgIpc) is 3.60. The van der Waals surface area contributed by atoms with E-state index < -0.39 is 0 Å². The Balaban J connectivity index is 1.54. The predicted molar refractivity (Wildman–Crippen MR) is 120 cm³/mol. The van der Waals surface area contributed by atoms with Crippen molar-refractivity contribution in [2.75, 3.05) is 0 Å². The quantitative estimate of drug-likeness (QED) is 0.247. The summed E-state index contributed by atoms with van der Waals surface area (Å²) >= 11 is 12.4. The third-order valence-corrected chi connectivity index (χ3v) is 5.49. The summed E-state index contributed by atoms with van der Waals surface area (Å²) in [4.78, 5) is 4.35. The zero-order valence-electron chi connectivity index (χ0n) is 16.2. The number of nitrogens with zero attached hydrogens (tertiary/aromatic N) is 2. The van der Waals surface area contributed by atoms with E-state index in [0.717, 1.165) is 0 Å². The van der Waals surface area contributed by atoms with Gasteiger partial charge in [-0.25, -0.2) is 4.99 Å². The Hall–Kier alpha value is -3.92. The highest BCUT2D eigenvalue weighted by Crippen LogP contribution is 2.43. The number of halogens is 2. The van der Waals surface area contributed by atoms with Gasteiger partial charge in [0.25, 0.3) is 0 Å². The van der Waals surface area contributed by atoms with Crippen LogP contribution in [0.5, 0.6) is 0 Å². The van der Waals surface area contributed by atoms with Crippen LogP contribution in [0.3, 0.4) is 0 Å². The minimum Gasteiger partial charge on any atom is -0.464 e. The van der Waals surface area contributed by atoms with Crippen LogP contribution < -0.4 is 0 Å². The van der Waals surface area contributed by atoms with Crippen molar-refractivity contribution in [2.45, 2.75) is 0 Å². The highest BCUT2D eigenvalue weighted by molar-refractivity contribution is 6.43. The Bertz CT molecular complexity index is 1450. The summed E-state index contributed by atoms with van der Waals surface area (Å²) in [7, 11) is 0. The van der Waals surface area contributed by atoms with Crippen molar-refractivity contribution in [3.05, 3.63) is 88.5 Å². The molecule has 5 aromatic rings. The molecule has 0 unspecified atom stereocenters. The lowest BCUT2D eigenvalue weighted by Crippen LogP contribution is -1.80. The molecule has 0 saturated heterocycles. The zero-order chi connectivity index (χ0) is 22.1. The van der Waals surface area contributed by atoms with Crippen LogP contribution in [0.1, 0.15) is 11.3 Å². The molecule has 4 aromatic heterocycles. The maximum absolute atomic E-state index is 9.81. The molecule has 0 saturated carbocycles. The van der Waals surface area contributed by atoms with Crippen LogP contribution in [0.2, 0.25) is 10.0 Å². The van der Waals surface area contributed by atoms with Crippen LogP contribution in [0, 0.1) is 11.3 Å². The minimum atomic E-state index is 0.101. The first-order chi connectivity index (χ1) is 15.7. The number of furan rings is 4. The van der Waals surface area contributed by atoms with Crippen LogP contribution in [0.15, 0.2) is 89.8 Å². The van der Waals surface area contributed by atoms with E-state index in [0.29, 0.717) is 50.0 Å². The molecule has 0 amide bonds. The molecule has 1 aromatic carbocycles. The molecule has 0 bridgehead atoms. The Morgan fingerprint density at radius 1 is 0.844 bits per heavy atom. The van der Waals surface area contributed by atoms with Crippen molar-refractivity contribution in [2.24, 2.45) is 4.99 Å². The molecule has 0 N–H and O–H groups in total. The standard InChI is InChI=1S/C24H12Cl2N2O4/c25-17-5-1-4-15(22(17)26)18-9-8-14(31-18)13-28-24-16(12-27)21(19-6-2-10-29-19)23(32-24)20-7-3-11-30-20/h1-11,13H. The van der Waals surface area contributed by atoms with E-state index in [1.54, 1.807) is 54.6 Å². The van der Waals surface area contributed by atoms with Crippen LogP contribution in [-0.4, -0.2) is 6.21 Å². The zero-order valence-corrected chi connectivity index (χ0v) is 17.7. The second-order valence-corrected chi connectivity index (χ2v) is 7.40. The van der Waals surface area contributed by atoms with E-state index in [4.69, 9.17) is 40.9 Å². The van der Waals surface area contributed by atoms with E-state index in [9.17, 15) is 5.26 Å². The third-order valence-electron chi connectivity index (χ3n) is 4.67. The molecule has 0 atom stereocenters. The summed E-state index contributed by atoms with van der Waals surface area (Å²) in [5.74, 6) is 2.34. The van der Waals surface area contributed by atoms with Crippen molar-refractivity contribution in [1.82, 2.24) is 0 Å². The molecular formula is C24H12Cl2N2O4. The van der Waals surface area contributed by atoms with Gasteiger partial charge in [-0.1, -0.05) is 29.3 Å². The molecule has 32 heavy (non-hydrogen) atoms. The monoisotopic (exact) mass is 462 g/mol. The van der Waals surface area contributed by atoms with Gasteiger partial charge in [-0.15, -0.1) is 0 Å². The second-order valence-electron chi connectivity index (χ2n) is 6.61. The lowest BCUT2D eigenvalue weighted by atomic mass is 10.1. The number of hydrogen-bond donors (Lipinski definition) is 0. The lowest BCUT2D eigenvalue weighted by Gasteiger charge is -2.01. The van der Waals surface area contributed by atoms with E-state index >= 15 is 0 Å². The number of rotatable bonds is 5. The summed E-state index contributed by atoms with van der Waals surface area (Å²) in [6.45, 7) is 0. The summed E-state index contributed by atoms with van der Waals surface area (Å²) in [6.07, 6.45) is 4.49. The van der Waals surface area contributed by atoms with Gasteiger partial charge in [0.2, 0.25) is 5.88 Å². The highest BCUT2D eigenvalue weighted by atomic mass is 35.5. The van der Waals surface area contributed by atoms with E-state index in [-0.39, 0.29) is 11.4 Å². The first-order valence-corrected chi connectivity index (χ1v) is 10.1. The summed E-state index contributed by atoms with van der Waals surface area (Å²) in [6, 6.07) is 17.8. The molecule has 6 nitrogen and oxygen atoms in total. The van der Waals surface area contributed by atoms with Crippen LogP contribution in [0.4, 0.5) is 5.88 Å². The van der Waals surface area contributed by atoms with Gasteiger partial charge >= 0.3 is 0 Å². The number of nitriles is 1. The highest BCUT2D eigenvalue weighted by Gasteiger charge is 2.26. The molecular weight excluding hydrogens is 451 g/mol. The summed E-state index contributed by atoms with van der Waals surface area (Å²) in [5, 5.41) is 10.6. The maximum Gasteiger partial charge on any atom is 0.238 e. The van der Waals surface area contributed by atoms with Gasteiger partial charge in [-0.3, -0.25) is 0 Å². The van der Waals surface area contributed by atoms with E-state index in [2.05, 4.69) is 11.1 Å². The van der Waals surface area contributed by atoms with Crippen molar-refractivity contribution in [3.8, 4) is 40.2 Å². The number of benzene rings is 1. The normalized spacial score (nSPS) is 11.3. The van der Waals surface area contributed by atoms with Gasteiger partial charge in [0, 0.05) is 5.56 Å². The number of hydrogen-bond acceptors (Lipinski definition) is 6. The molecule has 0 radical (unpaired) electrons. The lowest BCUT2D eigenvalue weighted by molar-refractivity contribution is 0.527. The van der Waals surface area contributed by atoms with Crippen LogP contribution in [0.25, 0.3) is 34.2 Å². The first kappa shape index (κ1) is 20.0. The SMILES string of the molecule is N#Cc1c(N=Cc2ccc(-c3cccc(Cl)c3Cl)o2)oc(-c2ccco2)c1-c1ccco1. The van der Waals surface area contributed by atoms with Crippen molar-refractivity contribution in [1.29, 1.82) is 5.26 Å². The average molecular weight is 463 g/mol. The molecule has 156 valence electrons. The Morgan fingerprint density at radius 2 is 1.62 bits per heavy atom. The molecule has 4 heterocycles. The Kier molecular flexibility index (Phi) is 5.20. The fraction of sp³-hybridized carbons (Fsp3) is 0. The smallest absolute Gasteiger partial charge is 0.238 e. The summed E-state index contributed by atoms with van der Waals surface area (Å²) < 4.78 is 22.7. The van der Waals surface area contributed by atoms with Gasteiger partial charge in [0.05, 0.1) is 34.3 Å². The minimum absolute atomic E-state index is 0.101. The Morgan fingerprint density at radius 3 is 2.34 bits per heavy atom. The fourth-order valence-electron chi connectivity index (χ4n) is 3.23. The van der Waals surface area contributed by atoms with Crippen molar-refractivity contribution >= 4 is 35.3 Å². The molecule has 0 aliphatic heterocycles. The topological polar surface area (TPSA) is 88.7 Å². The van der Waals surface area contributed by atoms with E-state index in [1.165, 1.54) is 18.7 Å². The van der Waals surface area contributed by atoms with Gasteiger partial charge in [-0.2, -0.15) is 5.26 Å². The summed E-state index contributed by atoms with van der Waals surface area (Å²) in [5.41, 5.74) is 1.34. The second kappa shape index (κ2) is 8.31. The van der Waals surface area contributed by atoms with Gasteiger partial charge in [0.1, 0.15) is 28.9 Å². The number of aliphatic imine (C=N–C) groups is 1. The largest absolute Gasteiger partial charge is 0.464 e. The van der Waals surface area contributed by atoms with Crippen molar-refractivity contribution in [3.63, 3.8) is 0 Å². The van der Waals surface area contributed by atoms with Crippen LogP contribution >= 0.6 is 23.2 Å². The molecule has 0 spiro atoms. The molecule has 8 heteroatoms. The molecule has 0 aliphatic carbocycles. The van der Waals surface area contributed by atoms with Crippen LogP contribution in [-0.2, 0) is 0 Å². The maximum atomic E-state index is 9.81. The van der Waals surface area contributed by atoms with Crippen molar-refractivity contribution < 1.29 is 17.7 Å². The molecule has 0 fully saturated rings. The predicted octanol–water partition coefficient (Wildman–Crippen LogP) is 7.99.